The summed E-state index contributed by atoms with van der Waals surface area (Å²) in [6.07, 6.45) is 6.74. The molecule has 0 aromatic heterocycles. The lowest BCUT2D eigenvalue weighted by Gasteiger charge is -2.33. The van der Waals surface area contributed by atoms with E-state index in [2.05, 4.69) is 31.0 Å². The van der Waals surface area contributed by atoms with Crippen LogP contribution in [0.3, 0.4) is 0 Å². The van der Waals surface area contributed by atoms with Crippen molar-refractivity contribution in [2.75, 3.05) is 13.7 Å². The number of carbonyl (C=O) groups is 1. The van der Waals surface area contributed by atoms with Gasteiger partial charge in [-0.1, -0.05) is 6.92 Å². The van der Waals surface area contributed by atoms with Crippen LogP contribution in [0.2, 0.25) is 0 Å². The van der Waals surface area contributed by atoms with E-state index in [4.69, 9.17) is 4.74 Å². The number of hydrogen-bond donors (Lipinski definition) is 1. The maximum atomic E-state index is 12.3. The van der Waals surface area contributed by atoms with Gasteiger partial charge in [0.2, 0.25) is 0 Å². The number of nitrogens with zero attached hydrogens (tertiary/aromatic N) is 1. The highest BCUT2D eigenvalue weighted by molar-refractivity contribution is 5.81. The van der Waals surface area contributed by atoms with Gasteiger partial charge in [0.1, 0.15) is 5.54 Å². The molecule has 1 N–H and O–H groups in total. The molecule has 116 valence electrons. The number of rotatable bonds is 5. The minimum atomic E-state index is -0.464. The van der Waals surface area contributed by atoms with Crippen molar-refractivity contribution in [3.8, 4) is 0 Å². The molecule has 0 bridgehead atoms. The summed E-state index contributed by atoms with van der Waals surface area (Å²) < 4.78 is 5.08. The van der Waals surface area contributed by atoms with Gasteiger partial charge in [-0.05, 0) is 58.9 Å². The average molecular weight is 282 g/mol. The summed E-state index contributed by atoms with van der Waals surface area (Å²) in [4.78, 5) is 14.9. The molecule has 4 heteroatoms. The van der Waals surface area contributed by atoms with E-state index in [9.17, 15) is 4.79 Å². The highest BCUT2D eigenvalue weighted by Gasteiger charge is 2.49. The number of carbonyl (C=O) groups excluding carboxylic acids is 1. The molecule has 3 unspecified atom stereocenters. The standard InChI is InChI=1S/C16H30N2O2/c1-5-13-7-6-10-18(13)14-8-9-16(11-14,15(19)20-4)17-12(2)3/h12-14,17H,5-11H2,1-4H3. The molecule has 0 aromatic rings. The molecular formula is C16H30N2O2. The Labute approximate surface area is 123 Å². The van der Waals surface area contributed by atoms with Gasteiger partial charge in [-0.3, -0.25) is 15.0 Å². The van der Waals surface area contributed by atoms with Gasteiger partial charge >= 0.3 is 5.97 Å². The summed E-state index contributed by atoms with van der Waals surface area (Å²) in [5.41, 5.74) is -0.464. The Kier molecular flexibility index (Phi) is 5.08. The Bertz CT molecular complexity index is 345. The quantitative estimate of drug-likeness (QED) is 0.786. The van der Waals surface area contributed by atoms with E-state index < -0.39 is 5.54 Å². The van der Waals surface area contributed by atoms with E-state index in [-0.39, 0.29) is 5.97 Å². The smallest absolute Gasteiger partial charge is 0.326 e. The zero-order valence-electron chi connectivity index (χ0n) is 13.4. The highest BCUT2D eigenvalue weighted by atomic mass is 16.5. The maximum Gasteiger partial charge on any atom is 0.326 e. The first-order valence-electron chi connectivity index (χ1n) is 8.14. The fourth-order valence-electron chi connectivity index (χ4n) is 4.20. The third-order valence-corrected chi connectivity index (χ3v) is 4.99. The van der Waals surface area contributed by atoms with Crippen LogP contribution >= 0.6 is 0 Å². The third kappa shape index (κ3) is 3.01. The number of nitrogens with one attached hydrogen (secondary N) is 1. The van der Waals surface area contributed by atoms with Gasteiger partial charge in [-0.15, -0.1) is 0 Å². The normalized spacial score (nSPS) is 34.9. The van der Waals surface area contributed by atoms with Crippen molar-refractivity contribution in [3.63, 3.8) is 0 Å². The summed E-state index contributed by atoms with van der Waals surface area (Å²) in [6.45, 7) is 7.67. The van der Waals surface area contributed by atoms with Crippen LogP contribution < -0.4 is 5.32 Å². The van der Waals surface area contributed by atoms with Crippen LogP contribution in [-0.2, 0) is 9.53 Å². The lowest BCUT2D eigenvalue weighted by atomic mass is 9.95. The fraction of sp³-hybridized carbons (Fsp3) is 0.938. The topological polar surface area (TPSA) is 41.6 Å². The molecule has 1 heterocycles. The van der Waals surface area contributed by atoms with Crippen molar-refractivity contribution in [2.24, 2.45) is 0 Å². The van der Waals surface area contributed by atoms with E-state index in [1.54, 1.807) is 0 Å². The second kappa shape index (κ2) is 6.44. The number of methoxy groups -OCH3 is 1. The minimum absolute atomic E-state index is 0.0825. The van der Waals surface area contributed by atoms with Crippen molar-refractivity contribution in [2.45, 2.75) is 83.0 Å². The predicted molar refractivity (Wildman–Crippen MR) is 80.7 cm³/mol. The van der Waals surface area contributed by atoms with Crippen LogP contribution in [0.4, 0.5) is 0 Å². The van der Waals surface area contributed by atoms with E-state index in [0.717, 1.165) is 19.3 Å². The van der Waals surface area contributed by atoms with Gasteiger partial charge in [0.15, 0.2) is 0 Å². The number of likely N-dealkylation sites (tertiary alicyclic amines) is 1. The molecule has 1 aliphatic heterocycles. The van der Waals surface area contributed by atoms with Crippen molar-refractivity contribution < 1.29 is 9.53 Å². The van der Waals surface area contributed by atoms with Crippen LogP contribution in [0.5, 0.6) is 0 Å². The molecule has 0 radical (unpaired) electrons. The van der Waals surface area contributed by atoms with Crippen LogP contribution in [0, 0.1) is 0 Å². The van der Waals surface area contributed by atoms with Gasteiger partial charge < -0.3 is 4.74 Å². The zero-order valence-corrected chi connectivity index (χ0v) is 13.4. The summed E-state index contributed by atoms with van der Waals surface area (Å²) in [5, 5.41) is 3.49. The zero-order chi connectivity index (χ0) is 14.8. The van der Waals surface area contributed by atoms with Gasteiger partial charge in [-0.25, -0.2) is 0 Å². The lowest BCUT2D eigenvalue weighted by molar-refractivity contribution is -0.149. The molecule has 0 spiro atoms. The second-order valence-corrected chi connectivity index (χ2v) is 6.71. The van der Waals surface area contributed by atoms with E-state index in [0.29, 0.717) is 18.1 Å². The van der Waals surface area contributed by atoms with Gasteiger partial charge in [0.05, 0.1) is 7.11 Å². The number of ether oxygens (including phenoxy) is 1. The van der Waals surface area contributed by atoms with Gasteiger partial charge in [0, 0.05) is 18.1 Å². The molecule has 2 rings (SSSR count). The van der Waals surface area contributed by atoms with E-state index in [1.807, 2.05) is 0 Å². The van der Waals surface area contributed by atoms with Gasteiger partial charge in [-0.2, -0.15) is 0 Å². The summed E-state index contributed by atoms with van der Waals surface area (Å²) >= 11 is 0. The Morgan fingerprint density at radius 3 is 2.80 bits per heavy atom. The fourth-order valence-corrected chi connectivity index (χ4v) is 4.20. The molecule has 1 aliphatic carbocycles. The second-order valence-electron chi connectivity index (χ2n) is 6.71. The van der Waals surface area contributed by atoms with Crippen LogP contribution in [0.1, 0.15) is 59.3 Å². The molecule has 20 heavy (non-hydrogen) atoms. The van der Waals surface area contributed by atoms with Crippen LogP contribution in [-0.4, -0.2) is 48.2 Å². The predicted octanol–water partition coefficient (Wildman–Crippen LogP) is 2.32. The van der Waals surface area contributed by atoms with Crippen LogP contribution in [0.25, 0.3) is 0 Å². The van der Waals surface area contributed by atoms with Crippen molar-refractivity contribution in [1.29, 1.82) is 0 Å². The largest absolute Gasteiger partial charge is 0.468 e. The molecule has 0 amide bonds. The monoisotopic (exact) mass is 282 g/mol. The van der Waals surface area contributed by atoms with E-state index >= 15 is 0 Å². The minimum Gasteiger partial charge on any atom is -0.468 e. The third-order valence-electron chi connectivity index (χ3n) is 4.99. The van der Waals surface area contributed by atoms with Crippen molar-refractivity contribution >= 4 is 5.97 Å². The molecule has 2 fully saturated rings. The molecule has 2 aliphatic rings. The highest BCUT2D eigenvalue weighted by Crippen LogP contribution is 2.38. The first kappa shape index (κ1) is 15.8. The SMILES string of the molecule is CCC1CCCN1C1CCC(NC(C)C)(C(=O)OC)C1. The number of hydrogen-bond acceptors (Lipinski definition) is 4. The van der Waals surface area contributed by atoms with Gasteiger partial charge in [0.25, 0.3) is 0 Å². The molecule has 3 atom stereocenters. The molecule has 0 aromatic carbocycles. The molecule has 1 saturated carbocycles. The molecular weight excluding hydrogens is 252 g/mol. The first-order chi connectivity index (χ1) is 9.52. The Balaban J connectivity index is 2.08. The molecule has 4 nitrogen and oxygen atoms in total. The number of esters is 1. The van der Waals surface area contributed by atoms with Crippen molar-refractivity contribution in [1.82, 2.24) is 10.2 Å². The van der Waals surface area contributed by atoms with Crippen LogP contribution in [0.15, 0.2) is 0 Å². The average Bonchev–Trinajstić information content (AvgIpc) is 3.03. The lowest BCUT2D eigenvalue weighted by Crippen LogP contribution is -2.54. The summed E-state index contributed by atoms with van der Waals surface area (Å²) in [5.74, 6) is -0.0825. The Hall–Kier alpha value is -0.610. The Morgan fingerprint density at radius 1 is 1.45 bits per heavy atom. The summed E-state index contributed by atoms with van der Waals surface area (Å²) in [7, 11) is 1.50. The first-order valence-corrected chi connectivity index (χ1v) is 8.14. The maximum absolute atomic E-state index is 12.3. The Morgan fingerprint density at radius 2 is 2.20 bits per heavy atom. The van der Waals surface area contributed by atoms with E-state index in [1.165, 1.54) is 32.9 Å². The molecule has 1 saturated heterocycles. The van der Waals surface area contributed by atoms with Crippen molar-refractivity contribution in [3.05, 3.63) is 0 Å². The summed E-state index contributed by atoms with van der Waals surface area (Å²) in [6, 6.07) is 1.55.